The summed E-state index contributed by atoms with van der Waals surface area (Å²) in [4.78, 5) is 42.5. The normalized spacial score (nSPS) is 9.48. The minimum Gasteiger partial charge on any atom is -0.424 e. The average Bonchev–Trinajstić information content (AvgIpc) is 2.63. The molecule has 0 aliphatic rings. The van der Waals surface area contributed by atoms with Crippen molar-refractivity contribution in [2.45, 2.75) is 41.5 Å². The van der Waals surface area contributed by atoms with E-state index in [4.69, 9.17) is 15.6 Å². The molecular weight excluding hydrogens is 452 g/mol. The summed E-state index contributed by atoms with van der Waals surface area (Å²) < 4.78 is 1.56. The summed E-state index contributed by atoms with van der Waals surface area (Å²) >= 11 is 0. The zero-order valence-electron chi connectivity index (χ0n) is 17.8. The summed E-state index contributed by atoms with van der Waals surface area (Å²) in [5.74, 6) is 0. The van der Waals surface area contributed by atoms with Gasteiger partial charge in [-0.15, -0.1) is 14.2 Å². The third kappa shape index (κ3) is 8.07. The molecule has 3 aromatic rings. The molecule has 0 spiro atoms. The molecule has 3 rings (SSSR count). The Labute approximate surface area is 187 Å². The van der Waals surface area contributed by atoms with Gasteiger partial charge in [0.1, 0.15) is 0 Å². The molecule has 0 aliphatic carbocycles. The van der Waals surface area contributed by atoms with Crippen molar-refractivity contribution >= 4 is 0 Å². The van der Waals surface area contributed by atoms with Gasteiger partial charge in [-0.05, 0) is 59.7 Å². The van der Waals surface area contributed by atoms with Crippen molar-refractivity contribution in [3.63, 3.8) is 0 Å². The Bertz CT molecular complexity index is 1070. The third-order valence-corrected chi connectivity index (χ3v) is 3.62. The largest absolute Gasteiger partial charge is 0.424 e. The molecule has 0 atom stereocenters. The number of hydrogen-bond acceptors (Lipinski definition) is 9. The van der Waals surface area contributed by atoms with Crippen LogP contribution in [0.25, 0.3) is 0 Å². The van der Waals surface area contributed by atoms with E-state index in [1.165, 1.54) is 0 Å². The van der Waals surface area contributed by atoms with Crippen LogP contribution in [0.5, 0.6) is 0 Å². The first-order valence-corrected chi connectivity index (χ1v) is 8.63. The molecule has 3 N–H and O–H groups in total. The van der Waals surface area contributed by atoms with E-state index < -0.39 is 17.1 Å². The molecule has 0 fully saturated rings. The first-order valence-electron chi connectivity index (χ1n) is 8.63. The van der Waals surface area contributed by atoms with Gasteiger partial charge >= 0.3 is 17.1 Å². The van der Waals surface area contributed by atoms with Crippen molar-refractivity contribution in [3.8, 4) is 0 Å². The molecule has 31 heavy (non-hydrogen) atoms. The molecule has 3 heterocycles. The van der Waals surface area contributed by atoms with E-state index in [1.807, 2.05) is 0 Å². The topological polar surface area (TPSA) is 165 Å². The molecule has 0 unspecified atom stereocenters. The van der Waals surface area contributed by atoms with Crippen molar-refractivity contribution in [1.29, 1.82) is 0 Å². The fraction of sp³-hybridized carbons (Fsp3) is 0.333. The Morgan fingerprint density at radius 1 is 0.548 bits per heavy atom. The Balaban J connectivity index is 0.000000429. The van der Waals surface area contributed by atoms with Crippen molar-refractivity contribution in [2.75, 3.05) is 0 Å². The predicted octanol–water partition coefficient (Wildman–Crippen LogP) is 0.290. The SMILES string of the molecule is Cc1cc(C)n(O)c(=O)n1.Cc1cc(C)n(O)c(=O)n1.Cc1cc(C)n(O)c(=O)n1.[Fe]. The summed E-state index contributed by atoms with van der Waals surface area (Å²) in [7, 11) is 0. The first kappa shape index (κ1) is 27.6. The van der Waals surface area contributed by atoms with Crippen molar-refractivity contribution in [3.05, 3.63) is 83.8 Å². The van der Waals surface area contributed by atoms with Gasteiger partial charge in [0, 0.05) is 34.2 Å². The standard InChI is InChI=1S/3C6H8N2O2.Fe/c3*1-4-3-5(2)8(10)6(9)7-4;/h3*3,10H,1-2H3;. The van der Waals surface area contributed by atoms with Crippen LogP contribution >= 0.6 is 0 Å². The van der Waals surface area contributed by atoms with E-state index in [9.17, 15) is 14.4 Å². The number of hydrogen-bond donors (Lipinski definition) is 3. The quantitative estimate of drug-likeness (QED) is 0.305. The fourth-order valence-corrected chi connectivity index (χ4v) is 2.23. The van der Waals surface area contributed by atoms with Crippen LogP contribution in [0.1, 0.15) is 34.2 Å². The molecule has 13 heteroatoms. The zero-order chi connectivity index (χ0) is 23.2. The van der Waals surface area contributed by atoms with Gasteiger partial charge in [-0.2, -0.15) is 15.0 Å². The molecule has 0 radical (unpaired) electrons. The number of rotatable bonds is 0. The molecule has 0 saturated heterocycles. The second kappa shape index (κ2) is 11.7. The van der Waals surface area contributed by atoms with Crippen LogP contribution in [0.15, 0.2) is 32.6 Å². The van der Waals surface area contributed by atoms with Gasteiger partial charge in [-0.3, -0.25) is 0 Å². The maximum Gasteiger partial charge on any atom is 0.380 e. The fourth-order valence-electron chi connectivity index (χ4n) is 2.23. The molecule has 0 saturated carbocycles. The molecule has 0 bridgehead atoms. The monoisotopic (exact) mass is 476 g/mol. The molecule has 0 aromatic carbocycles. The smallest absolute Gasteiger partial charge is 0.380 e. The van der Waals surface area contributed by atoms with Crippen LogP contribution in [-0.4, -0.2) is 44.8 Å². The summed E-state index contributed by atoms with van der Waals surface area (Å²) in [6.07, 6.45) is 0. The molecule has 0 aliphatic heterocycles. The molecule has 3 aromatic heterocycles. The Morgan fingerprint density at radius 3 is 0.903 bits per heavy atom. The summed E-state index contributed by atoms with van der Waals surface area (Å²) in [5.41, 5.74) is 1.47. The number of aromatic nitrogens is 6. The minimum absolute atomic E-state index is 0. The van der Waals surface area contributed by atoms with E-state index >= 15 is 0 Å². The maximum absolute atomic E-state index is 10.7. The summed E-state index contributed by atoms with van der Waals surface area (Å²) in [5, 5.41) is 26.6. The van der Waals surface area contributed by atoms with Gasteiger partial charge in [0.15, 0.2) is 0 Å². The van der Waals surface area contributed by atoms with Crippen molar-refractivity contribution in [1.82, 2.24) is 29.1 Å². The molecular formula is C18H24FeN6O6. The van der Waals surface area contributed by atoms with Crippen LogP contribution in [-0.2, 0) is 17.1 Å². The Hall–Kier alpha value is -3.44. The van der Waals surface area contributed by atoms with Gasteiger partial charge in [0.05, 0.1) is 17.1 Å². The van der Waals surface area contributed by atoms with Gasteiger partial charge in [0.2, 0.25) is 0 Å². The second-order valence-corrected chi connectivity index (χ2v) is 6.40. The van der Waals surface area contributed by atoms with Crippen LogP contribution in [0.3, 0.4) is 0 Å². The van der Waals surface area contributed by atoms with Crippen molar-refractivity contribution < 1.29 is 32.7 Å². The molecule has 12 nitrogen and oxygen atoms in total. The van der Waals surface area contributed by atoms with Gasteiger partial charge in [-0.25, -0.2) is 14.4 Å². The van der Waals surface area contributed by atoms with Crippen LogP contribution < -0.4 is 17.1 Å². The second-order valence-electron chi connectivity index (χ2n) is 6.40. The van der Waals surface area contributed by atoms with Gasteiger partial charge < -0.3 is 15.6 Å². The Morgan fingerprint density at radius 2 is 0.742 bits per heavy atom. The minimum atomic E-state index is -0.627. The maximum atomic E-state index is 10.7. The van der Waals surface area contributed by atoms with Gasteiger partial charge in [0.25, 0.3) is 0 Å². The average molecular weight is 476 g/mol. The molecule has 170 valence electrons. The van der Waals surface area contributed by atoms with E-state index in [0.29, 0.717) is 48.4 Å². The third-order valence-electron chi connectivity index (χ3n) is 3.62. The van der Waals surface area contributed by atoms with E-state index in [2.05, 4.69) is 15.0 Å². The van der Waals surface area contributed by atoms with Crippen molar-refractivity contribution in [2.24, 2.45) is 0 Å². The summed E-state index contributed by atoms with van der Waals surface area (Å²) in [6, 6.07) is 4.88. The Kier molecular flexibility index (Phi) is 10.4. The number of nitrogens with zero attached hydrogens (tertiary/aromatic N) is 6. The van der Waals surface area contributed by atoms with E-state index in [1.54, 1.807) is 59.7 Å². The zero-order valence-corrected chi connectivity index (χ0v) is 18.9. The molecule has 0 amide bonds. The van der Waals surface area contributed by atoms with Gasteiger partial charge in [-0.1, -0.05) is 0 Å². The van der Waals surface area contributed by atoms with Crippen LogP contribution in [0.4, 0.5) is 0 Å². The predicted molar refractivity (Wildman–Crippen MR) is 105 cm³/mol. The van der Waals surface area contributed by atoms with E-state index in [0.717, 1.165) is 0 Å². The first-order chi connectivity index (χ1) is 13.8. The van der Waals surface area contributed by atoms with E-state index in [-0.39, 0.29) is 17.1 Å². The van der Waals surface area contributed by atoms with Crippen LogP contribution in [0.2, 0.25) is 0 Å². The summed E-state index contributed by atoms with van der Waals surface area (Å²) in [6.45, 7) is 10.0. The number of aryl methyl sites for hydroxylation is 6. The van der Waals surface area contributed by atoms with Crippen LogP contribution in [0, 0.1) is 41.5 Å².